The molecule has 0 atom stereocenters. The van der Waals surface area contributed by atoms with Crippen LogP contribution in [0.15, 0.2) is 36.7 Å². The molecule has 72 valence electrons. The van der Waals surface area contributed by atoms with Crippen LogP contribution in [0.25, 0.3) is 11.4 Å². The van der Waals surface area contributed by atoms with Crippen LogP contribution in [0.4, 0.5) is 0 Å². The van der Waals surface area contributed by atoms with Crippen LogP contribution < -0.4 is 0 Å². The minimum Gasteiger partial charge on any atom is -0.294 e. The second-order valence-corrected chi connectivity index (χ2v) is 3.51. The summed E-state index contributed by atoms with van der Waals surface area (Å²) < 4.78 is 0. The Labute approximate surface area is 86.8 Å². The van der Waals surface area contributed by atoms with Crippen LogP contribution in [0.1, 0.15) is 15.9 Å². The van der Waals surface area contributed by atoms with Crippen LogP contribution in [0.2, 0.25) is 0 Å². The Bertz CT molecular complexity index is 549. The minimum absolute atomic E-state index is 0.124. The number of hydrogen-bond acceptors (Lipinski definition) is 3. The lowest BCUT2D eigenvalue weighted by atomic mass is 9.92. The largest absolute Gasteiger partial charge is 0.294 e. The first kappa shape index (κ1) is 8.29. The summed E-state index contributed by atoms with van der Waals surface area (Å²) in [6, 6.07) is 7.37. The van der Waals surface area contributed by atoms with Crippen LogP contribution in [0, 0.1) is 0 Å². The highest BCUT2D eigenvalue weighted by atomic mass is 16.1. The number of carbonyl (C=O) groups is 1. The molecule has 0 aliphatic heterocycles. The molecule has 0 aromatic carbocycles. The van der Waals surface area contributed by atoms with Gasteiger partial charge in [0.15, 0.2) is 5.78 Å². The van der Waals surface area contributed by atoms with Crippen molar-refractivity contribution in [1.29, 1.82) is 0 Å². The predicted octanol–water partition coefficient (Wildman–Crippen LogP) is 1.88. The molecule has 2 aromatic rings. The molecule has 0 N–H and O–H groups in total. The van der Waals surface area contributed by atoms with Crippen molar-refractivity contribution in [2.45, 2.75) is 6.42 Å². The van der Waals surface area contributed by atoms with Gasteiger partial charge < -0.3 is 0 Å². The monoisotopic (exact) mass is 196 g/mol. The van der Waals surface area contributed by atoms with E-state index >= 15 is 0 Å². The molecule has 15 heavy (non-hydrogen) atoms. The van der Waals surface area contributed by atoms with Crippen molar-refractivity contribution in [3.63, 3.8) is 0 Å². The first-order chi connectivity index (χ1) is 7.36. The number of ketones is 1. The van der Waals surface area contributed by atoms with Crippen molar-refractivity contribution in [3.05, 3.63) is 47.8 Å². The normalized spacial score (nSPS) is 13.2. The van der Waals surface area contributed by atoms with Crippen molar-refractivity contribution in [2.75, 3.05) is 0 Å². The first-order valence-corrected chi connectivity index (χ1v) is 4.79. The summed E-state index contributed by atoms with van der Waals surface area (Å²) in [5.41, 5.74) is 3.20. The zero-order valence-corrected chi connectivity index (χ0v) is 7.97. The maximum absolute atomic E-state index is 11.8. The van der Waals surface area contributed by atoms with Gasteiger partial charge in [0.25, 0.3) is 0 Å². The van der Waals surface area contributed by atoms with Crippen LogP contribution >= 0.6 is 0 Å². The van der Waals surface area contributed by atoms with Gasteiger partial charge in [0, 0.05) is 24.4 Å². The standard InChI is InChI=1S/C12H8N2O/c15-10-7-8-3-1-5-13-11(8)12-9(10)4-2-6-14-12/h1-6H,7H2. The fourth-order valence-electron chi connectivity index (χ4n) is 1.88. The van der Waals surface area contributed by atoms with E-state index in [2.05, 4.69) is 9.97 Å². The third-order valence-electron chi connectivity index (χ3n) is 2.57. The molecular weight excluding hydrogens is 188 g/mol. The fraction of sp³-hybridized carbons (Fsp3) is 0.0833. The van der Waals surface area contributed by atoms with E-state index < -0.39 is 0 Å². The van der Waals surface area contributed by atoms with E-state index in [0.717, 1.165) is 11.3 Å². The van der Waals surface area contributed by atoms with Gasteiger partial charge in [-0.25, -0.2) is 0 Å². The molecule has 3 rings (SSSR count). The smallest absolute Gasteiger partial charge is 0.169 e. The van der Waals surface area contributed by atoms with Gasteiger partial charge in [-0.2, -0.15) is 0 Å². The van der Waals surface area contributed by atoms with Crippen molar-refractivity contribution >= 4 is 5.78 Å². The summed E-state index contributed by atoms with van der Waals surface area (Å²) in [4.78, 5) is 20.3. The summed E-state index contributed by atoms with van der Waals surface area (Å²) in [6.45, 7) is 0. The molecule has 2 heterocycles. The quantitative estimate of drug-likeness (QED) is 0.646. The number of pyridine rings is 2. The highest BCUT2D eigenvalue weighted by Crippen LogP contribution is 2.28. The average molecular weight is 196 g/mol. The highest BCUT2D eigenvalue weighted by Gasteiger charge is 2.23. The lowest BCUT2D eigenvalue weighted by Crippen LogP contribution is -2.14. The Morgan fingerprint density at radius 3 is 2.60 bits per heavy atom. The third kappa shape index (κ3) is 1.16. The number of fused-ring (bicyclic) bond motifs is 3. The molecule has 0 saturated heterocycles. The SMILES string of the molecule is O=C1Cc2cccnc2-c2ncccc21. The Kier molecular flexibility index (Phi) is 1.65. The van der Waals surface area contributed by atoms with Gasteiger partial charge in [-0.3, -0.25) is 14.8 Å². The molecule has 0 saturated carbocycles. The highest BCUT2D eigenvalue weighted by molar-refractivity contribution is 6.05. The first-order valence-electron chi connectivity index (χ1n) is 4.79. The maximum Gasteiger partial charge on any atom is 0.169 e. The Hall–Kier alpha value is -2.03. The van der Waals surface area contributed by atoms with E-state index in [0.29, 0.717) is 17.7 Å². The zero-order chi connectivity index (χ0) is 10.3. The van der Waals surface area contributed by atoms with Gasteiger partial charge in [-0.05, 0) is 23.8 Å². The van der Waals surface area contributed by atoms with Gasteiger partial charge in [0.1, 0.15) is 0 Å². The van der Waals surface area contributed by atoms with Gasteiger partial charge in [0.05, 0.1) is 11.4 Å². The number of carbonyl (C=O) groups excluding carboxylic acids is 1. The number of hydrogen-bond donors (Lipinski definition) is 0. The van der Waals surface area contributed by atoms with Crippen LogP contribution in [0.3, 0.4) is 0 Å². The summed E-state index contributed by atoms with van der Waals surface area (Å²) in [5.74, 6) is 0.124. The van der Waals surface area contributed by atoms with Gasteiger partial charge >= 0.3 is 0 Å². The van der Waals surface area contributed by atoms with E-state index in [1.54, 1.807) is 18.5 Å². The topological polar surface area (TPSA) is 42.9 Å². The Balaban J connectivity index is 2.34. The molecule has 0 amide bonds. The van der Waals surface area contributed by atoms with Crippen LogP contribution in [-0.2, 0) is 6.42 Å². The molecule has 0 bridgehead atoms. The van der Waals surface area contributed by atoms with Gasteiger partial charge in [0.2, 0.25) is 0 Å². The second kappa shape index (κ2) is 2.98. The van der Waals surface area contributed by atoms with E-state index in [4.69, 9.17) is 0 Å². The molecule has 1 aliphatic rings. The lowest BCUT2D eigenvalue weighted by Gasteiger charge is -2.15. The lowest BCUT2D eigenvalue weighted by molar-refractivity contribution is 0.0991. The summed E-state index contributed by atoms with van der Waals surface area (Å²) >= 11 is 0. The zero-order valence-electron chi connectivity index (χ0n) is 7.97. The molecule has 1 aliphatic carbocycles. The number of Topliss-reactive ketones (excluding diaryl/α,β-unsaturated/α-hetero) is 1. The average Bonchev–Trinajstić information content (AvgIpc) is 2.30. The summed E-state index contributed by atoms with van der Waals surface area (Å²) in [7, 11) is 0. The Morgan fingerprint density at radius 2 is 1.73 bits per heavy atom. The van der Waals surface area contributed by atoms with Gasteiger partial charge in [-0.15, -0.1) is 0 Å². The number of aromatic nitrogens is 2. The van der Waals surface area contributed by atoms with Crippen molar-refractivity contribution in [1.82, 2.24) is 9.97 Å². The molecule has 3 nitrogen and oxygen atoms in total. The summed E-state index contributed by atoms with van der Waals surface area (Å²) in [6.07, 6.45) is 3.85. The molecule has 0 unspecified atom stereocenters. The molecular formula is C12H8N2O. The number of nitrogens with zero attached hydrogens (tertiary/aromatic N) is 2. The molecule has 2 aromatic heterocycles. The van der Waals surface area contributed by atoms with Crippen molar-refractivity contribution < 1.29 is 4.79 Å². The fourth-order valence-corrected chi connectivity index (χ4v) is 1.88. The third-order valence-corrected chi connectivity index (χ3v) is 2.57. The molecule has 0 spiro atoms. The summed E-state index contributed by atoms with van der Waals surface area (Å²) in [5, 5.41) is 0. The van der Waals surface area contributed by atoms with Crippen LogP contribution in [0.5, 0.6) is 0 Å². The Morgan fingerprint density at radius 1 is 1.00 bits per heavy atom. The van der Waals surface area contributed by atoms with E-state index in [1.807, 2.05) is 18.2 Å². The maximum atomic E-state index is 11.8. The minimum atomic E-state index is 0.124. The molecule has 0 fully saturated rings. The number of rotatable bonds is 0. The van der Waals surface area contributed by atoms with Crippen molar-refractivity contribution in [2.24, 2.45) is 0 Å². The van der Waals surface area contributed by atoms with E-state index in [9.17, 15) is 4.79 Å². The molecule has 3 heteroatoms. The van der Waals surface area contributed by atoms with Gasteiger partial charge in [-0.1, -0.05) is 6.07 Å². The predicted molar refractivity (Wildman–Crippen MR) is 55.5 cm³/mol. The molecule has 0 radical (unpaired) electrons. The van der Waals surface area contributed by atoms with Crippen molar-refractivity contribution in [3.8, 4) is 11.4 Å². The van der Waals surface area contributed by atoms with E-state index in [1.165, 1.54) is 0 Å². The second-order valence-electron chi connectivity index (χ2n) is 3.51. The van der Waals surface area contributed by atoms with Crippen LogP contribution in [-0.4, -0.2) is 15.8 Å². The van der Waals surface area contributed by atoms with E-state index in [-0.39, 0.29) is 5.78 Å².